The van der Waals surface area contributed by atoms with Gasteiger partial charge in [0.05, 0.1) is 6.26 Å². The van der Waals surface area contributed by atoms with Crippen LogP contribution in [0.3, 0.4) is 0 Å². The second-order valence-electron chi connectivity index (χ2n) is 4.94. The molecule has 1 heterocycles. The number of hydrogen-bond acceptors (Lipinski definition) is 3. The maximum atomic E-state index is 5.78. The monoisotopic (exact) mass is 224 g/mol. The summed E-state index contributed by atoms with van der Waals surface area (Å²) < 4.78 is 5.29. The van der Waals surface area contributed by atoms with Crippen LogP contribution in [0, 0.1) is 18.8 Å². The van der Waals surface area contributed by atoms with Crippen molar-refractivity contribution in [2.45, 2.75) is 27.3 Å². The Bertz CT molecular complexity index is 307. The van der Waals surface area contributed by atoms with E-state index in [4.69, 9.17) is 10.2 Å². The summed E-state index contributed by atoms with van der Waals surface area (Å²) in [6, 6.07) is 2.04. The lowest BCUT2D eigenvalue weighted by Crippen LogP contribution is -2.32. The molecule has 1 rings (SSSR count). The van der Waals surface area contributed by atoms with E-state index in [1.165, 1.54) is 5.56 Å². The maximum Gasteiger partial charge on any atom is 0.105 e. The van der Waals surface area contributed by atoms with Gasteiger partial charge in [-0.3, -0.25) is 0 Å². The summed E-state index contributed by atoms with van der Waals surface area (Å²) in [5.41, 5.74) is 7.05. The van der Waals surface area contributed by atoms with Crippen molar-refractivity contribution >= 4 is 0 Å². The largest absolute Gasteiger partial charge is 0.469 e. The van der Waals surface area contributed by atoms with Gasteiger partial charge in [-0.1, -0.05) is 13.8 Å². The molecule has 0 aliphatic heterocycles. The topological polar surface area (TPSA) is 42.4 Å². The maximum absolute atomic E-state index is 5.78. The lowest BCUT2D eigenvalue weighted by Gasteiger charge is -2.25. The van der Waals surface area contributed by atoms with E-state index in [-0.39, 0.29) is 0 Å². The van der Waals surface area contributed by atoms with E-state index in [0.29, 0.717) is 11.8 Å². The van der Waals surface area contributed by atoms with Crippen LogP contribution in [0.4, 0.5) is 0 Å². The number of hydrogen-bond donors (Lipinski definition) is 1. The molecule has 1 unspecified atom stereocenters. The Morgan fingerprint density at radius 2 is 2.12 bits per heavy atom. The van der Waals surface area contributed by atoms with Crippen LogP contribution in [0.5, 0.6) is 0 Å². The Balaban J connectivity index is 2.47. The average molecular weight is 224 g/mol. The first kappa shape index (κ1) is 13.3. The molecule has 0 spiro atoms. The zero-order valence-corrected chi connectivity index (χ0v) is 10.9. The molecule has 0 saturated carbocycles. The van der Waals surface area contributed by atoms with Crippen molar-refractivity contribution in [2.75, 3.05) is 20.1 Å². The summed E-state index contributed by atoms with van der Waals surface area (Å²) >= 11 is 0. The highest BCUT2D eigenvalue weighted by molar-refractivity contribution is 5.14. The standard InChI is InChI=1S/C13H24N2O/c1-10(2)13(7-14)9-15(4)8-12-5-6-16-11(12)3/h5-6,10,13H,7-9,14H2,1-4H3. The minimum absolute atomic E-state index is 0.567. The summed E-state index contributed by atoms with van der Waals surface area (Å²) in [5.74, 6) is 2.22. The van der Waals surface area contributed by atoms with Gasteiger partial charge in [0.15, 0.2) is 0 Å². The highest BCUT2D eigenvalue weighted by Crippen LogP contribution is 2.14. The van der Waals surface area contributed by atoms with Gasteiger partial charge in [-0.25, -0.2) is 0 Å². The molecular formula is C13H24N2O. The molecule has 0 radical (unpaired) electrons. The van der Waals surface area contributed by atoms with Crippen LogP contribution in [-0.2, 0) is 6.54 Å². The van der Waals surface area contributed by atoms with Crippen molar-refractivity contribution in [1.82, 2.24) is 4.90 Å². The van der Waals surface area contributed by atoms with Crippen LogP contribution in [0.25, 0.3) is 0 Å². The third-order valence-corrected chi connectivity index (χ3v) is 3.20. The SMILES string of the molecule is Cc1occc1CN(C)CC(CN)C(C)C. The average Bonchev–Trinajstić information content (AvgIpc) is 2.60. The molecule has 1 atom stereocenters. The Morgan fingerprint density at radius 1 is 1.44 bits per heavy atom. The van der Waals surface area contributed by atoms with Crippen molar-refractivity contribution < 1.29 is 4.42 Å². The quantitative estimate of drug-likeness (QED) is 0.806. The molecule has 0 fully saturated rings. The van der Waals surface area contributed by atoms with Crippen LogP contribution in [0.1, 0.15) is 25.2 Å². The fourth-order valence-corrected chi connectivity index (χ4v) is 1.89. The zero-order chi connectivity index (χ0) is 12.1. The molecule has 16 heavy (non-hydrogen) atoms. The number of furan rings is 1. The molecule has 0 amide bonds. The van der Waals surface area contributed by atoms with Gasteiger partial charge in [-0.15, -0.1) is 0 Å². The van der Waals surface area contributed by atoms with Gasteiger partial charge in [0, 0.05) is 18.7 Å². The van der Waals surface area contributed by atoms with Gasteiger partial charge in [0.25, 0.3) is 0 Å². The molecule has 0 aliphatic rings. The van der Waals surface area contributed by atoms with Crippen LogP contribution in [-0.4, -0.2) is 25.0 Å². The zero-order valence-electron chi connectivity index (χ0n) is 10.9. The third-order valence-electron chi connectivity index (χ3n) is 3.20. The summed E-state index contributed by atoms with van der Waals surface area (Å²) in [6.07, 6.45) is 1.75. The molecule has 0 aliphatic carbocycles. The number of rotatable bonds is 6. The summed E-state index contributed by atoms with van der Waals surface area (Å²) in [7, 11) is 2.14. The van der Waals surface area contributed by atoms with E-state index in [1.54, 1.807) is 6.26 Å². The van der Waals surface area contributed by atoms with Crippen LogP contribution in [0.15, 0.2) is 16.7 Å². The van der Waals surface area contributed by atoms with E-state index in [2.05, 4.69) is 25.8 Å². The summed E-state index contributed by atoms with van der Waals surface area (Å²) in [6.45, 7) is 9.20. The van der Waals surface area contributed by atoms with E-state index < -0.39 is 0 Å². The molecule has 0 aromatic carbocycles. The molecule has 0 saturated heterocycles. The van der Waals surface area contributed by atoms with Crippen molar-refractivity contribution in [3.63, 3.8) is 0 Å². The number of nitrogens with zero attached hydrogens (tertiary/aromatic N) is 1. The molecule has 1 aromatic heterocycles. The van der Waals surface area contributed by atoms with Gasteiger partial charge in [0.2, 0.25) is 0 Å². The van der Waals surface area contributed by atoms with E-state index in [1.807, 2.05) is 13.0 Å². The first-order valence-electron chi connectivity index (χ1n) is 5.96. The summed E-state index contributed by atoms with van der Waals surface area (Å²) in [5, 5.41) is 0. The highest BCUT2D eigenvalue weighted by Gasteiger charge is 2.14. The lowest BCUT2D eigenvalue weighted by molar-refractivity contribution is 0.233. The van der Waals surface area contributed by atoms with E-state index >= 15 is 0 Å². The van der Waals surface area contributed by atoms with Crippen molar-refractivity contribution in [3.05, 3.63) is 23.7 Å². The van der Waals surface area contributed by atoms with Crippen molar-refractivity contribution in [2.24, 2.45) is 17.6 Å². The van der Waals surface area contributed by atoms with Gasteiger partial charge < -0.3 is 15.1 Å². The number of nitrogens with two attached hydrogens (primary N) is 1. The van der Waals surface area contributed by atoms with Crippen LogP contribution < -0.4 is 5.73 Å². The molecule has 0 bridgehead atoms. The molecule has 3 nitrogen and oxygen atoms in total. The minimum atomic E-state index is 0.567. The lowest BCUT2D eigenvalue weighted by atomic mass is 9.95. The van der Waals surface area contributed by atoms with Gasteiger partial charge >= 0.3 is 0 Å². The third kappa shape index (κ3) is 3.65. The second-order valence-corrected chi connectivity index (χ2v) is 4.94. The Hall–Kier alpha value is -0.800. The van der Waals surface area contributed by atoms with E-state index in [0.717, 1.165) is 25.4 Å². The van der Waals surface area contributed by atoms with E-state index in [9.17, 15) is 0 Å². The van der Waals surface area contributed by atoms with Gasteiger partial charge in [0.1, 0.15) is 5.76 Å². The second kappa shape index (κ2) is 6.06. The Labute approximate surface area is 98.6 Å². The molecule has 1 aromatic rings. The smallest absolute Gasteiger partial charge is 0.105 e. The van der Waals surface area contributed by atoms with Gasteiger partial charge in [-0.05, 0) is 38.4 Å². The molecule has 2 N–H and O–H groups in total. The van der Waals surface area contributed by atoms with Crippen molar-refractivity contribution in [3.8, 4) is 0 Å². The predicted octanol–water partition coefficient (Wildman–Crippen LogP) is 2.25. The predicted molar refractivity (Wildman–Crippen MR) is 67.2 cm³/mol. The normalized spacial score (nSPS) is 13.7. The summed E-state index contributed by atoms with van der Waals surface area (Å²) in [4.78, 5) is 2.31. The first-order chi connectivity index (χ1) is 7.54. The highest BCUT2D eigenvalue weighted by atomic mass is 16.3. The van der Waals surface area contributed by atoms with Crippen LogP contribution >= 0.6 is 0 Å². The van der Waals surface area contributed by atoms with Gasteiger partial charge in [-0.2, -0.15) is 0 Å². The van der Waals surface area contributed by atoms with Crippen LogP contribution in [0.2, 0.25) is 0 Å². The molecular weight excluding hydrogens is 200 g/mol. The fourth-order valence-electron chi connectivity index (χ4n) is 1.89. The fraction of sp³-hybridized carbons (Fsp3) is 0.692. The van der Waals surface area contributed by atoms with Crippen molar-refractivity contribution in [1.29, 1.82) is 0 Å². The first-order valence-corrected chi connectivity index (χ1v) is 5.96. The number of aryl methyl sites for hydroxylation is 1. The molecule has 3 heteroatoms. The Morgan fingerprint density at radius 3 is 2.56 bits per heavy atom. The Kier molecular flexibility index (Phi) is 5.03. The molecule has 92 valence electrons. The minimum Gasteiger partial charge on any atom is -0.469 e.